The number of aromatic nitrogens is 3. The zero-order chi connectivity index (χ0) is 28.8. The third-order valence-electron chi connectivity index (χ3n) is 7.99. The van der Waals surface area contributed by atoms with Crippen molar-refractivity contribution in [1.29, 1.82) is 0 Å². The Balaban J connectivity index is 1.36. The number of nitrogens with zero attached hydrogens (tertiary/aromatic N) is 3. The third kappa shape index (κ3) is 7.64. The number of carbonyl (C=O) groups is 1. The van der Waals surface area contributed by atoms with E-state index in [0.717, 1.165) is 44.4 Å². The number of rotatable bonds is 14. The molecule has 4 aromatic rings. The predicted molar refractivity (Wildman–Crippen MR) is 164 cm³/mol. The van der Waals surface area contributed by atoms with Crippen LogP contribution >= 0.6 is 0 Å². The minimum Gasteiger partial charge on any atom is -0.494 e. The number of fused-ring (bicyclic) bond motifs is 1. The fourth-order valence-corrected chi connectivity index (χ4v) is 5.83. The molecule has 1 atom stereocenters. The Morgan fingerprint density at radius 1 is 1.05 bits per heavy atom. The molecule has 7 nitrogen and oxygen atoms in total. The molecule has 0 bridgehead atoms. The molecule has 4 rings (SSSR count). The normalized spacial score (nSPS) is 13.0. The number of primary amides is 1. The predicted octanol–water partition coefficient (Wildman–Crippen LogP) is 7.34. The highest BCUT2D eigenvalue weighted by atomic mass is 28.4. The van der Waals surface area contributed by atoms with E-state index in [0.29, 0.717) is 6.61 Å². The number of carbonyl (C=O) groups excluding carboxylic acids is 1. The van der Waals surface area contributed by atoms with Crippen LogP contribution in [0.4, 0.5) is 0 Å². The summed E-state index contributed by atoms with van der Waals surface area (Å²) >= 11 is 0. The van der Waals surface area contributed by atoms with Crippen LogP contribution < -0.4 is 10.5 Å². The van der Waals surface area contributed by atoms with Crippen molar-refractivity contribution in [2.45, 2.75) is 83.8 Å². The standard InChI is InChI=1S/C32H44N4O3Si/c1-32(2,3)40(4,5)39-30(36-23-28(31(33)37)34-24-36)15-11-19-35-20-18-26-16-17-27(22-29(26)35)38-21-10-9-14-25-12-7-6-8-13-25/h6-8,12-13,16-18,20,22-24,30H,9-11,14-15,19,21H2,1-5H3,(H2,33,37)/t30-/m1/s1. The summed E-state index contributed by atoms with van der Waals surface area (Å²) in [6.07, 6.45) is 10.2. The molecular weight excluding hydrogens is 516 g/mol. The van der Waals surface area contributed by atoms with Crippen LogP contribution in [0.15, 0.2) is 73.3 Å². The van der Waals surface area contributed by atoms with Gasteiger partial charge in [-0.25, -0.2) is 4.98 Å². The number of aryl methyl sites for hydroxylation is 2. The van der Waals surface area contributed by atoms with Gasteiger partial charge in [0, 0.05) is 25.0 Å². The summed E-state index contributed by atoms with van der Waals surface area (Å²) in [7, 11) is -2.06. The summed E-state index contributed by atoms with van der Waals surface area (Å²) in [4.78, 5) is 15.9. The lowest BCUT2D eigenvalue weighted by molar-refractivity contribution is 0.0984. The van der Waals surface area contributed by atoms with Crippen LogP contribution in [0.2, 0.25) is 18.1 Å². The second-order valence-electron chi connectivity index (χ2n) is 12.1. The Kier molecular flexibility index (Phi) is 9.53. The molecule has 0 fully saturated rings. The lowest BCUT2D eigenvalue weighted by Gasteiger charge is -2.39. The van der Waals surface area contributed by atoms with Gasteiger partial charge in [0.05, 0.1) is 18.5 Å². The van der Waals surface area contributed by atoms with Gasteiger partial charge < -0.3 is 24.0 Å². The van der Waals surface area contributed by atoms with Gasteiger partial charge in [-0.2, -0.15) is 0 Å². The van der Waals surface area contributed by atoms with E-state index >= 15 is 0 Å². The van der Waals surface area contributed by atoms with Crippen molar-refractivity contribution in [3.63, 3.8) is 0 Å². The SMILES string of the molecule is CC(C)(C)[Si](C)(C)O[C@H](CCCn1ccc2ccc(OCCCCc3ccccc3)cc21)n1cnc(C(N)=O)c1. The average Bonchev–Trinajstić information content (AvgIpc) is 3.56. The van der Waals surface area contributed by atoms with E-state index in [1.807, 2.05) is 4.57 Å². The Labute approximate surface area is 239 Å². The molecule has 0 unspecified atom stereocenters. The molecule has 2 aromatic heterocycles. The topological polar surface area (TPSA) is 84.3 Å². The highest BCUT2D eigenvalue weighted by Gasteiger charge is 2.39. The zero-order valence-electron chi connectivity index (χ0n) is 24.6. The molecule has 0 aliphatic carbocycles. The molecule has 0 spiro atoms. The van der Waals surface area contributed by atoms with E-state index in [1.54, 1.807) is 12.5 Å². The van der Waals surface area contributed by atoms with Crippen LogP contribution in [0.25, 0.3) is 10.9 Å². The number of nitrogens with two attached hydrogens (primary N) is 1. The van der Waals surface area contributed by atoms with Crippen molar-refractivity contribution in [3.05, 3.63) is 84.6 Å². The second-order valence-corrected chi connectivity index (χ2v) is 16.8. The van der Waals surface area contributed by atoms with Crippen LogP contribution in [-0.2, 0) is 17.4 Å². The van der Waals surface area contributed by atoms with Gasteiger partial charge in [0.25, 0.3) is 5.91 Å². The average molecular weight is 561 g/mol. The van der Waals surface area contributed by atoms with Gasteiger partial charge in [0.2, 0.25) is 0 Å². The zero-order valence-corrected chi connectivity index (χ0v) is 25.6. The van der Waals surface area contributed by atoms with E-state index in [4.69, 9.17) is 14.9 Å². The Morgan fingerprint density at radius 2 is 1.82 bits per heavy atom. The number of ether oxygens (including phenoxy) is 1. The monoisotopic (exact) mass is 560 g/mol. The highest BCUT2D eigenvalue weighted by Crippen LogP contribution is 2.39. The molecule has 40 heavy (non-hydrogen) atoms. The van der Waals surface area contributed by atoms with Gasteiger partial charge in [0.15, 0.2) is 8.32 Å². The van der Waals surface area contributed by atoms with Crippen molar-refractivity contribution in [3.8, 4) is 5.75 Å². The number of amides is 1. The maximum atomic E-state index is 11.7. The van der Waals surface area contributed by atoms with Crippen molar-refractivity contribution < 1.29 is 14.0 Å². The number of imidazole rings is 1. The van der Waals surface area contributed by atoms with Crippen LogP contribution in [0, 0.1) is 0 Å². The van der Waals surface area contributed by atoms with Gasteiger partial charge in [0.1, 0.15) is 17.7 Å². The smallest absolute Gasteiger partial charge is 0.268 e. The first-order valence-corrected chi connectivity index (χ1v) is 17.2. The van der Waals surface area contributed by atoms with Gasteiger partial charge in [-0.1, -0.05) is 51.1 Å². The lowest BCUT2D eigenvalue weighted by atomic mass is 10.1. The molecule has 0 aliphatic heterocycles. The van der Waals surface area contributed by atoms with Gasteiger partial charge in [-0.05, 0) is 79.4 Å². The Bertz CT molecular complexity index is 1390. The van der Waals surface area contributed by atoms with Crippen LogP contribution in [0.3, 0.4) is 0 Å². The first-order chi connectivity index (χ1) is 19.0. The van der Waals surface area contributed by atoms with E-state index in [-0.39, 0.29) is 17.0 Å². The quantitative estimate of drug-likeness (QED) is 0.129. The summed E-state index contributed by atoms with van der Waals surface area (Å²) in [6.45, 7) is 12.7. The molecule has 2 N–H and O–H groups in total. The fourth-order valence-electron chi connectivity index (χ4n) is 4.56. The summed E-state index contributed by atoms with van der Waals surface area (Å²) in [5.74, 6) is 0.376. The Morgan fingerprint density at radius 3 is 2.52 bits per heavy atom. The third-order valence-corrected chi connectivity index (χ3v) is 12.5. The summed E-state index contributed by atoms with van der Waals surface area (Å²) in [6, 6.07) is 19.1. The molecule has 8 heteroatoms. The fraction of sp³-hybridized carbons (Fsp3) is 0.438. The number of hydrogen-bond donors (Lipinski definition) is 1. The van der Waals surface area contributed by atoms with Gasteiger partial charge >= 0.3 is 0 Å². The summed E-state index contributed by atoms with van der Waals surface area (Å²) < 4.78 is 17.1. The molecular formula is C32H44N4O3Si. The summed E-state index contributed by atoms with van der Waals surface area (Å²) in [5.41, 5.74) is 8.26. The number of benzene rings is 2. The van der Waals surface area contributed by atoms with E-state index in [9.17, 15) is 4.79 Å². The van der Waals surface area contributed by atoms with Crippen molar-refractivity contribution in [2.24, 2.45) is 5.73 Å². The molecule has 0 saturated heterocycles. The molecule has 1 amide bonds. The second kappa shape index (κ2) is 12.9. The molecule has 214 valence electrons. The van der Waals surface area contributed by atoms with Crippen molar-refractivity contribution in [1.82, 2.24) is 14.1 Å². The van der Waals surface area contributed by atoms with E-state index in [2.05, 4.69) is 104 Å². The number of hydrogen-bond acceptors (Lipinski definition) is 4. The molecule has 0 aliphatic rings. The number of unbranched alkanes of at least 4 members (excludes halogenated alkanes) is 1. The van der Waals surface area contributed by atoms with Crippen molar-refractivity contribution in [2.75, 3.05) is 6.61 Å². The minimum atomic E-state index is -2.06. The lowest BCUT2D eigenvalue weighted by Crippen LogP contribution is -2.42. The maximum absolute atomic E-state index is 11.7. The Hall–Kier alpha value is -3.36. The highest BCUT2D eigenvalue weighted by molar-refractivity contribution is 6.74. The van der Waals surface area contributed by atoms with Crippen LogP contribution in [-0.4, -0.2) is 34.9 Å². The summed E-state index contributed by atoms with van der Waals surface area (Å²) in [5, 5.41) is 1.26. The van der Waals surface area contributed by atoms with E-state index in [1.165, 1.54) is 16.5 Å². The van der Waals surface area contributed by atoms with Gasteiger partial charge in [-0.15, -0.1) is 0 Å². The largest absolute Gasteiger partial charge is 0.494 e. The van der Waals surface area contributed by atoms with Gasteiger partial charge in [-0.3, -0.25) is 4.79 Å². The molecule has 2 heterocycles. The molecule has 2 aromatic carbocycles. The van der Waals surface area contributed by atoms with Crippen molar-refractivity contribution >= 4 is 25.1 Å². The van der Waals surface area contributed by atoms with Crippen LogP contribution in [0.1, 0.15) is 68.7 Å². The minimum absolute atomic E-state index is 0.0624. The van der Waals surface area contributed by atoms with E-state index < -0.39 is 14.2 Å². The maximum Gasteiger partial charge on any atom is 0.268 e. The first kappa shape index (κ1) is 29.6. The van der Waals surface area contributed by atoms with Crippen LogP contribution in [0.5, 0.6) is 5.75 Å². The first-order valence-electron chi connectivity index (χ1n) is 14.3. The molecule has 0 saturated carbocycles. The molecule has 0 radical (unpaired) electrons.